The van der Waals surface area contributed by atoms with Crippen molar-refractivity contribution in [1.82, 2.24) is 5.32 Å². The molecule has 0 heterocycles. The van der Waals surface area contributed by atoms with Crippen LogP contribution in [-0.4, -0.2) is 25.3 Å². The molecule has 0 aliphatic rings. The second-order valence-electron chi connectivity index (χ2n) is 6.46. The average molecular weight is 291 g/mol. The largest absolute Gasteiger partial charge is 0.377 e. The molecule has 0 radical (unpaired) electrons. The lowest BCUT2D eigenvalue weighted by Crippen LogP contribution is -2.51. The normalized spacial score (nSPS) is 15.8. The van der Waals surface area contributed by atoms with Crippen LogP contribution in [0.3, 0.4) is 0 Å². The smallest absolute Gasteiger partial charge is 0.0803 e. The molecule has 0 saturated carbocycles. The maximum atomic E-state index is 5.86. The molecular formula is C19H33NO. The summed E-state index contributed by atoms with van der Waals surface area (Å²) >= 11 is 0. The van der Waals surface area contributed by atoms with Gasteiger partial charge in [0.25, 0.3) is 0 Å². The van der Waals surface area contributed by atoms with E-state index >= 15 is 0 Å². The van der Waals surface area contributed by atoms with Crippen molar-refractivity contribution in [3.05, 3.63) is 34.4 Å². The number of aryl methyl sites for hydroxylation is 3. The van der Waals surface area contributed by atoms with Gasteiger partial charge in [-0.05, 0) is 70.2 Å². The Morgan fingerprint density at radius 1 is 1.14 bits per heavy atom. The molecule has 2 nitrogen and oxygen atoms in total. The van der Waals surface area contributed by atoms with E-state index in [0.717, 1.165) is 25.8 Å². The highest BCUT2D eigenvalue weighted by atomic mass is 16.5. The van der Waals surface area contributed by atoms with Crippen molar-refractivity contribution in [2.24, 2.45) is 0 Å². The van der Waals surface area contributed by atoms with Crippen LogP contribution in [0.2, 0.25) is 0 Å². The van der Waals surface area contributed by atoms with E-state index in [9.17, 15) is 0 Å². The Bertz CT molecular complexity index is 426. The van der Waals surface area contributed by atoms with E-state index in [0.29, 0.717) is 6.04 Å². The fourth-order valence-corrected chi connectivity index (χ4v) is 3.09. The maximum Gasteiger partial charge on any atom is 0.0803 e. The number of hydrogen-bond donors (Lipinski definition) is 1. The van der Waals surface area contributed by atoms with Gasteiger partial charge in [0.15, 0.2) is 0 Å². The SMILES string of the molecule is CCCNC(Cc1c(C)cc(C)cc1C)C(C)(CC)OC. The number of nitrogens with one attached hydrogen (secondary N) is 1. The van der Waals surface area contributed by atoms with Crippen LogP contribution < -0.4 is 5.32 Å². The number of hydrogen-bond acceptors (Lipinski definition) is 2. The lowest BCUT2D eigenvalue weighted by atomic mass is 9.85. The number of methoxy groups -OCH3 is 1. The third kappa shape index (κ3) is 4.55. The summed E-state index contributed by atoms with van der Waals surface area (Å²) in [6.07, 6.45) is 3.18. The summed E-state index contributed by atoms with van der Waals surface area (Å²) in [7, 11) is 1.83. The van der Waals surface area contributed by atoms with E-state index in [4.69, 9.17) is 4.74 Å². The highest BCUT2D eigenvalue weighted by Crippen LogP contribution is 2.26. The molecule has 1 aromatic carbocycles. The predicted molar refractivity (Wildman–Crippen MR) is 92.1 cm³/mol. The molecule has 1 rings (SSSR count). The first kappa shape index (κ1) is 18.2. The van der Waals surface area contributed by atoms with Crippen LogP contribution in [0.5, 0.6) is 0 Å². The Balaban J connectivity index is 3.06. The molecule has 2 atom stereocenters. The van der Waals surface area contributed by atoms with Gasteiger partial charge in [-0.3, -0.25) is 0 Å². The second kappa shape index (κ2) is 7.95. The Labute approximate surface area is 131 Å². The summed E-state index contributed by atoms with van der Waals surface area (Å²) in [6, 6.07) is 4.91. The minimum absolute atomic E-state index is 0.126. The summed E-state index contributed by atoms with van der Waals surface area (Å²) in [5, 5.41) is 3.70. The molecule has 0 amide bonds. The third-order valence-electron chi connectivity index (χ3n) is 4.79. The molecule has 2 heteroatoms. The predicted octanol–water partition coefficient (Wildman–Crippen LogP) is 4.34. The van der Waals surface area contributed by atoms with Crippen LogP contribution >= 0.6 is 0 Å². The molecule has 2 unspecified atom stereocenters. The van der Waals surface area contributed by atoms with E-state index in [1.165, 1.54) is 22.3 Å². The Morgan fingerprint density at radius 3 is 2.14 bits per heavy atom. The number of ether oxygens (including phenoxy) is 1. The van der Waals surface area contributed by atoms with Crippen molar-refractivity contribution in [1.29, 1.82) is 0 Å². The van der Waals surface area contributed by atoms with Gasteiger partial charge in [-0.2, -0.15) is 0 Å². The Hall–Kier alpha value is -0.860. The molecule has 0 aromatic heterocycles. The minimum atomic E-state index is -0.126. The van der Waals surface area contributed by atoms with Gasteiger partial charge in [-0.15, -0.1) is 0 Å². The molecular weight excluding hydrogens is 258 g/mol. The third-order valence-corrected chi connectivity index (χ3v) is 4.79. The van der Waals surface area contributed by atoms with Gasteiger partial charge in [-0.25, -0.2) is 0 Å². The average Bonchev–Trinajstić information content (AvgIpc) is 2.44. The maximum absolute atomic E-state index is 5.86. The van der Waals surface area contributed by atoms with Crippen LogP contribution in [0.4, 0.5) is 0 Å². The Morgan fingerprint density at radius 2 is 1.71 bits per heavy atom. The molecule has 1 aromatic rings. The van der Waals surface area contributed by atoms with Gasteiger partial charge in [0.2, 0.25) is 0 Å². The molecule has 0 bridgehead atoms. The highest BCUT2D eigenvalue weighted by Gasteiger charge is 2.32. The summed E-state index contributed by atoms with van der Waals surface area (Å²) in [5.74, 6) is 0. The van der Waals surface area contributed by atoms with Crippen LogP contribution in [0.1, 0.15) is 55.9 Å². The molecule has 0 aliphatic heterocycles. The monoisotopic (exact) mass is 291 g/mol. The van der Waals surface area contributed by atoms with Crippen LogP contribution in [0, 0.1) is 20.8 Å². The van der Waals surface area contributed by atoms with Crippen molar-refractivity contribution < 1.29 is 4.74 Å². The van der Waals surface area contributed by atoms with E-state index < -0.39 is 0 Å². The molecule has 0 spiro atoms. The Kier molecular flexibility index (Phi) is 6.89. The van der Waals surface area contributed by atoms with Gasteiger partial charge in [-0.1, -0.05) is 31.5 Å². The fraction of sp³-hybridized carbons (Fsp3) is 0.684. The van der Waals surface area contributed by atoms with Gasteiger partial charge in [0.1, 0.15) is 0 Å². The van der Waals surface area contributed by atoms with E-state index in [1.54, 1.807) is 0 Å². The highest BCUT2D eigenvalue weighted by molar-refractivity contribution is 5.38. The van der Waals surface area contributed by atoms with Gasteiger partial charge in [0.05, 0.1) is 5.60 Å². The lowest BCUT2D eigenvalue weighted by molar-refractivity contribution is -0.0287. The van der Waals surface area contributed by atoms with Gasteiger partial charge in [0, 0.05) is 13.2 Å². The molecule has 1 N–H and O–H groups in total. The van der Waals surface area contributed by atoms with Gasteiger partial charge < -0.3 is 10.1 Å². The first-order valence-corrected chi connectivity index (χ1v) is 8.23. The molecule has 0 fully saturated rings. The zero-order chi connectivity index (χ0) is 16.0. The fourth-order valence-electron chi connectivity index (χ4n) is 3.09. The topological polar surface area (TPSA) is 21.3 Å². The van der Waals surface area contributed by atoms with Crippen molar-refractivity contribution in [2.45, 2.75) is 72.4 Å². The molecule has 0 saturated heterocycles. The quantitative estimate of drug-likeness (QED) is 0.769. The molecule has 0 aliphatic carbocycles. The first-order chi connectivity index (χ1) is 9.87. The van der Waals surface area contributed by atoms with Crippen molar-refractivity contribution in [3.63, 3.8) is 0 Å². The van der Waals surface area contributed by atoms with Crippen molar-refractivity contribution in [3.8, 4) is 0 Å². The minimum Gasteiger partial charge on any atom is -0.377 e. The zero-order valence-electron chi connectivity index (χ0n) is 15.0. The summed E-state index contributed by atoms with van der Waals surface area (Å²) in [6.45, 7) is 14.3. The van der Waals surface area contributed by atoms with E-state index in [-0.39, 0.29) is 5.60 Å². The summed E-state index contributed by atoms with van der Waals surface area (Å²) < 4.78 is 5.86. The summed E-state index contributed by atoms with van der Waals surface area (Å²) in [5.41, 5.74) is 5.47. The van der Waals surface area contributed by atoms with Gasteiger partial charge >= 0.3 is 0 Å². The van der Waals surface area contributed by atoms with E-state index in [2.05, 4.69) is 59.0 Å². The number of benzene rings is 1. The van der Waals surface area contributed by atoms with Crippen molar-refractivity contribution >= 4 is 0 Å². The second-order valence-corrected chi connectivity index (χ2v) is 6.46. The van der Waals surface area contributed by atoms with E-state index in [1.807, 2.05) is 7.11 Å². The van der Waals surface area contributed by atoms with Crippen LogP contribution in [0.25, 0.3) is 0 Å². The molecule has 21 heavy (non-hydrogen) atoms. The number of rotatable bonds is 8. The summed E-state index contributed by atoms with van der Waals surface area (Å²) in [4.78, 5) is 0. The lowest BCUT2D eigenvalue weighted by Gasteiger charge is -2.37. The zero-order valence-corrected chi connectivity index (χ0v) is 15.0. The van der Waals surface area contributed by atoms with Crippen molar-refractivity contribution in [2.75, 3.05) is 13.7 Å². The van der Waals surface area contributed by atoms with Crippen LogP contribution in [-0.2, 0) is 11.2 Å². The molecule has 120 valence electrons. The standard InChI is InChI=1S/C19H33NO/c1-8-10-20-18(19(6,9-2)21-7)13-17-15(4)11-14(3)12-16(17)5/h11-12,18,20H,8-10,13H2,1-7H3. The first-order valence-electron chi connectivity index (χ1n) is 8.23. The van der Waals surface area contributed by atoms with Crippen LogP contribution in [0.15, 0.2) is 12.1 Å².